The van der Waals surface area contributed by atoms with Crippen LogP contribution in [0.5, 0.6) is 0 Å². The van der Waals surface area contributed by atoms with E-state index >= 15 is 0 Å². The molecule has 5 nitrogen and oxygen atoms in total. The Balaban J connectivity index is 2.04. The minimum absolute atomic E-state index is 0.109. The molecule has 0 fully saturated rings. The van der Waals surface area contributed by atoms with E-state index in [4.69, 9.17) is 10.2 Å². The topological polar surface area (TPSA) is 72.4 Å². The van der Waals surface area contributed by atoms with Gasteiger partial charge in [0.15, 0.2) is 0 Å². The molecule has 2 heterocycles. The zero-order valence-corrected chi connectivity index (χ0v) is 10.2. The summed E-state index contributed by atoms with van der Waals surface area (Å²) in [5.41, 5.74) is 6.86. The molecule has 0 aromatic carbocycles. The Hall–Kier alpha value is -1.66. The van der Waals surface area contributed by atoms with E-state index in [2.05, 4.69) is 4.98 Å². The monoisotopic (exact) mass is 251 g/mol. The van der Waals surface area contributed by atoms with Crippen LogP contribution in [0.3, 0.4) is 0 Å². The van der Waals surface area contributed by atoms with Crippen molar-refractivity contribution in [3.63, 3.8) is 0 Å². The van der Waals surface area contributed by atoms with Gasteiger partial charge in [-0.1, -0.05) is 0 Å². The molecule has 1 amide bonds. The number of carbonyl (C=O) groups is 1. The fourth-order valence-electron chi connectivity index (χ4n) is 1.43. The summed E-state index contributed by atoms with van der Waals surface area (Å²) in [4.78, 5) is 17.8. The summed E-state index contributed by atoms with van der Waals surface area (Å²) in [7, 11) is 1.73. The van der Waals surface area contributed by atoms with Gasteiger partial charge < -0.3 is 15.1 Å². The molecule has 0 atom stereocenters. The predicted molar refractivity (Wildman–Crippen MR) is 64.5 cm³/mol. The first-order chi connectivity index (χ1) is 8.20. The van der Waals surface area contributed by atoms with Crippen LogP contribution in [-0.2, 0) is 13.1 Å². The zero-order chi connectivity index (χ0) is 12.3. The van der Waals surface area contributed by atoms with Crippen molar-refractivity contribution in [3.05, 3.63) is 40.2 Å². The predicted octanol–water partition coefficient (Wildman–Crippen LogP) is 1.47. The Labute approximate surface area is 103 Å². The van der Waals surface area contributed by atoms with E-state index in [9.17, 15) is 4.79 Å². The van der Waals surface area contributed by atoms with Crippen LogP contribution < -0.4 is 5.73 Å². The number of nitrogens with zero attached hydrogens (tertiary/aromatic N) is 2. The van der Waals surface area contributed by atoms with Crippen molar-refractivity contribution in [2.45, 2.75) is 13.1 Å². The summed E-state index contributed by atoms with van der Waals surface area (Å²) in [6.07, 6.45) is 3.21. The second-order valence-electron chi connectivity index (χ2n) is 3.62. The third-order valence-electron chi connectivity index (χ3n) is 2.29. The van der Waals surface area contributed by atoms with Crippen molar-refractivity contribution < 1.29 is 9.21 Å². The largest absolute Gasteiger partial charge is 0.472 e. The van der Waals surface area contributed by atoms with Gasteiger partial charge >= 0.3 is 0 Å². The van der Waals surface area contributed by atoms with Crippen LogP contribution in [0.4, 0.5) is 0 Å². The van der Waals surface area contributed by atoms with Crippen LogP contribution in [-0.4, -0.2) is 22.8 Å². The quantitative estimate of drug-likeness (QED) is 0.893. The molecule has 2 aromatic heterocycles. The zero-order valence-electron chi connectivity index (χ0n) is 9.42. The highest BCUT2D eigenvalue weighted by Crippen LogP contribution is 2.12. The standard InChI is InChI=1S/C11H13N3O2S/c1-14(5-8-2-3-16-6-8)11(15)9-7-17-10(4-12)13-9/h2-3,6-7H,4-5,12H2,1H3. The van der Waals surface area contributed by atoms with Crippen molar-refractivity contribution >= 4 is 17.2 Å². The maximum absolute atomic E-state index is 12.0. The van der Waals surface area contributed by atoms with Gasteiger partial charge in [0.1, 0.15) is 10.7 Å². The van der Waals surface area contributed by atoms with Crippen LogP contribution in [0.25, 0.3) is 0 Å². The van der Waals surface area contributed by atoms with Gasteiger partial charge in [0.25, 0.3) is 5.91 Å². The number of hydrogen-bond donors (Lipinski definition) is 1. The molecule has 6 heteroatoms. The van der Waals surface area contributed by atoms with E-state index in [0.29, 0.717) is 18.8 Å². The van der Waals surface area contributed by atoms with Gasteiger partial charge in [0, 0.05) is 31.1 Å². The Morgan fingerprint density at radius 1 is 1.65 bits per heavy atom. The molecular weight excluding hydrogens is 238 g/mol. The highest BCUT2D eigenvalue weighted by molar-refractivity contribution is 7.09. The van der Waals surface area contributed by atoms with Crippen molar-refractivity contribution in [1.82, 2.24) is 9.88 Å². The minimum Gasteiger partial charge on any atom is -0.472 e. The molecule has 0 radical (unpaired) electrons. The number of carbonyl (C=O) groups excluding carboxylic acids is 1. The van der Waals surface area contributed by atoms with Crippen molar-refractivity contribution in [1.29, 1.82) is 0 Å². The molecule has 0 bridgehead atoms. The van der Waals surface area contributed by atoms with Crippen molar-refractivity contribution in [2.75, 3.05) is 7.05 Å². The maximum Gasteiger partial charge on any atom is 0.273 e. The second kappa shape index (κ2) is 5.11. The number of furan rings is 1. The molecule has 0 saturated heterocycles. The lowest BCUT2D eigenvalue weighted by molar-refractivity contribution is 0.0779. The van der Waals surface area contributed by atoms with Gasteiger partial charge in [-0.15, -0.1) is 11.3 Å². The van der Waals surface area contributed by atoms with E-state index in [-0.39, 0.29) is 5.91 Å². The number of nitrogens with two attached hydrogens (primary N) is 1. The van der Waals surface area contributed by atoms with Crippen LogP contribution in [0.2, 0.25) is 0 Å². The molecular formula is C11H13N3O2S. The molecule has 0 unspecified atom stereocenters. The first kappa shape index (κ1) is 11.8. The molecule has 2 aromatic rings. The molecule has 0 spiro atoms. The number of thiazole rings is 1. The van der Waals surface area contributed by atoms with E-state index in [1.54, 1.807) is 29.9 Å². The van der Waals surface area contributed by atoms with Crippen LogP contribution in [0.15, 0.2) is 28.4 Å². The smallest absolute Gasteiger partial charge is 0.273 e. The summed E-state index contributed by atoms with van der Waals surface area (Å²) in [5.74, 6) is -0.109. The molecule has 17 heavy (non-hydrogen) atoms. The first-order valence-electron chi connectivity index (χ1n) is 5.11. The molecule has 0 saturated carbocycles. The number of aromatic nitrogens is 1. The Morgan fingerprint density at radius 2 is 2.47 bits per heavy atom. The molecule has 0 aliphatic heterocycles. The Bertz CT molecular complexity index is 493. The van der Waals surface area contributed by atoms with E-state index in [0.717, 1.165) is 10.6 Å². The van der Waals surface area contributed by atoms with Crippen molar-refractivity contribution in [3.8, 4) is 0 Å². The summed E-state index contributed by atoms with van der Waals surface area (Å²) in [6, 6.07) is 1.83. The highest BCUT2D eigenvalue weighted by atomic mass is 32.1. The average Bonchev–Trinajstić information content (AvgIpc) is 2.98. The van der Waals surface area contributed by atoms with Gasteiger partial charge in [-0.3, -0.25) is 4.79 Å². The summed E-state index contributed by atoms with van der Waals surface area (Å²) in [5, 5.41) is 2.50. The first-order valence-corrected chi connectivity index (χ1v) is 5.99. The molecule has 2 rings (SSSR count). The fourth-order valence-corrected chi connectivity index (χ4v) is 2.08. The van der Waals surface area contributed by atoms with Gasteiger partial charge in [0.2, 0.25) is 0 Å². The van der Waals surface area contributed by atoms with Crippen LogP contribution in [0.1, 0.15) is 21.1 Å². The number of rotatable bonds is 4. The molecule has 90 valence electrons. The second-order valence-corrected chi connectivity index (χ2v) is 4.57. The summed E-state index contributed by atoms with van der Waals surface area (Å²) >= 11 is 1.40. The lowest BCUT2D eigenvalue weighted by Gasteiger charge is -2.14. The Kier molecular flexibility index (Phi) is 3.55. The maximum atomic E-state index is 12.0. The van der Waals surface area contributed by atoms with Crippen LogP contribution >= 0.6 is 11.3 Å². The Morgan fingerprint density at radius 3 is 3.06 bits per heavy atom. The third-order valence-corrected chi connectivity index (χ3v) is 3.16. The van der Waals surface area contributed by atoms with Crippen LogP contribution in [0, 0.1) is 0 Å². The minimum atomic E-state index is -0.109. The van der Waals surface area contributed by atoms with Crippen molar-refractivity contribution in [2.24, 2.45) is 5.73 Å². The average molecular weight is 251 g/mol. The fraction of sp³-hybridized carbons (Fsp3) is 0.273. The molecule has 0 aliphatic rings. The lowest BCUT2D eigenvalue weighted by atomic mass is 10.3. The van der Waals surface area contributed by atoms with Gasteiger partial charge in [-0.25, -0.2) is 4.98 Å². The van der Waals surface area contributed by atoms with Gasteiger partial charge in [-0.2, -0.15) is 0 Å². The molecule has 0 aliphatic carbocycles. The van der Waals surface area contributed by atoms with E-state index in [1.165, 1.54) is 11.3 Å². The SMILES string of the molecule is CN(Cc1ccoc1)C(=O)c1csc(CN)n1. The lowest BCUT2D eigenvalue weighted by Crippen LogP contribution is -2.26. The number of hydrogen-bond acceptors (Lipinski definition) is 5. The van der Waals surface area contributed by atoms with E-state index < -0.39 is 0 Å². The highest BCUT2D eigenvalue weighted by Gasteiger charge is 2.15. The summed E-state index contributed by atoms with van der Waals surface area (Å²) in [6.45, 7) is 0.869. The normalized spacial score (nSPS) is 10.5. The van der Waals surface area contributed by atoms with Gasteiger partial charge in [-0.05, 0) is 6.07 Å². The van der Waals surface area contributed by atoms with E-state index in [1.807, 2.05) is 6.07 Å². The molecule has 2 N–H and O–H groups in total. The number of amides is 1. The third kappa shape index (κ3) is 2.72. The van der Waals surface area contributed by atoms with Gasteiger partial charge in [0.05, 0.1) is 12.5 Å². The summed E-state index contributed by atoms with van der Waals surface area (Å²) < 4.78 is 4.95.